The molecule has 0 radical (unpaired) electrons. The van der Waals surface area contributed by atoms with Gasteiger partial charge in [0.05, 0.1) is 6.10 Å². The zero-order valence-electron chi connectivity index (χ0n) is 9.54. The highest BCUT2D eigenvalue weighted by Crippen LogP contribution is 2.03. The molecule has 16 heavy (non-hydrogen) atoms. The third-order valence-corrected chi connectivity index (χ3v) is 3.09. The average molecular weight is 255 g/mol. The van der Waals surface area contributed by atoms with E-state index in [4.69, 9.17) is 9.84 Å². The van der Waals surface area contributed by atoms with Gasteiger partial charge in [0.1, 0.15) is 13.3 Å². The Morgan fingerprint density at radius 2 is 2.06 bits per heavy atom. The van der Waals surface area contributed by atoms with Crippen LogP contribution in [-0.4, -0.2) is 50.3 Å². The second kappa shape index (κ2) is 6.79. The smallest absolute Gasteiger partial charge is 0.385 e. The molecule has 0 rings (SSSR count). The van der Waals surface area contributed by atoms with Gasteiger partial charge in [-0.1, -0.05) is 6.92 Å². The van der Waals surface area contributed by atoms with Crippen LogP contribution < -0.4 is 0 Å². The summed E-state index contributed by atoms with van der Waals surface area (Å²) in [4.78, 5) is 10.6. The van der Waals surface area contributed by atoms with Crippen molar-refractivity contribution in [1.82, 2.24) is 4.31 Å². The number of rotatable bonds is 7. The van der Waals surface area contributed by atoms with Gasteiger partial charge in [-0.05, 0) is 13.3 Å². The van der Waals surface area contributed by atoms with Gasteiger partial charge >= 0.3 is 16.3 Å². The summed E-state index contributed by atoms with van der Waals surface area (Å²) in [5.41, 5.74) is 0. The molecule has 0 spiro atoms. The third-order valence-electron chi connectivity index (χ3n) is 1.82. The van der Waals surface area contributed by atoms with Crippen LogP contribution in [0.2, 0.25) is 0 Å². The van der Waals surface area contributed by atoms with Crippen molar-refractivity contribution in [1.29, 1.82) is 0 Å². The van der Waals surface area contributed by atoms with Crippen LogP contribution in [0.1, 0.15) is 20.3 Å². The third kappa shape index (κ3) is 5.40. The van der Waals surface area contributed by atoms with Crippen LogP contribution in [0.15, 0.2) is 0 Å². The Kier molecular flexibility index (Phi) is 6.49. The molecule has 0 saturated heterocycles. The SMILES string of the molecule is CCC(C)OCN(C)S(=O)(=O)OC(=O)CO. The van der Waals surface area contributed by atoms with E-state index in [0.717, 1.165) is 10.7 Å². The lowest BCUT2D eigenvalue weighted by atomic mass is 10.3. The van der Waals surface area contributed by atoms with Crippen LogP contribution >= 0.6 is 0 Å². The van der Waals surface area contributed by atoms with E-state index in [1.54, 1.807) is 6.92 Å². The van der Waals surface area contributed by atoms with Crippen LogP contribution in [0.4, 0.5) is 0 Å². The van der Waals surface area contributed by atoms with Crippen LogP contribution in [0.3, 0.4) is 0 Å². The first-order chi connectivity index (χ1) is 7.33. The van der Waals surface area contributed by atoms with Crippen molar-refractivity contribution in [2.45, 2.75) is 26.4 Å². The van der Waals surface area contributed by atoms with Gasteiger partial charge in [-0.25, -0.2) is 4.79 Å². The van der Waals surface area contributed by atoms with Gasteiger partial charge in [-0.2, -0.15) is 8.42 Å². The Hall–Kier alpha value is -0.700. The Labute approximate surface area is 95.2 Å². The Bertz CT molecular complexity index is 314. The van der Waals surface area contributed by atoms with E-state index >= 15 is 0 Å². The summed E-state index contributed by atoms with van der Waals surface area (Å²) in [7, 11) is -2.97. The van der Waals surface area contributed by atoms with Crippen LogP contribution in [0.25, 0.3) is 0 Å². The van der Waals surface area contributed by atoms with Gasteiger partial charge < -0.3 is 14.0 Å². The summed E-state index contributed by atoms with van der Waals surface area (Å²) in [6, 6.07) is 0. The van der Waals surface area contributed by atoms with Gasteiger partial charge in [0.25, 0.3) is 0 Å². The molecular weight excluding hydrogens is 238 g/mol. The summed E-state index contributed by atoms with van der Waals surface area (Å²) in [6.45, 7) is 2.49. The summed E-state index contributed by atoms with van der Waals surface area (Å²) in [5.74, 6) is -1.23. The summed E-state index contributed by atoms with van der Waals surface area (Å²) < 4.78 is 32.5. The second-order valence-corrected chi connectivity index (χ2v) is 4.83. The van der Waals surface area contributed by atoms with Crippen LogP contribution in [0, 0.1) is 0 Å². The molecule has 0 amide bonds. The zero-order valence-corrected chi connectivity index (χ0v) is 10.4. The van der Waals surface area contributed by atoms with Crippen molar-refractivity contribution >= 4 is 16.3 Å². The topological polar surface area (TPSA) is 93.1 Å². The van der Waals surface area contributed by atoms with Crippen molar-refractivity contribution in [3.63, 3.8) is 0 Å². The van der Waals surface area contributed by atoms with Gasteiger partial charge in [0, 0.05) is 7.05 Å². The zero-order chi connectivity index (χ0) is 12.8. The molecule has 0 aromatic carbocycles. The molecule has 0 heterocycles. The molecule has 1 N–H and O–H groups in total. The maximum atomic E-state index is 11.3. The molecule has 0 aromatic heterocycles. The van der Waals surface area contributed by atoms with E-state index in [9.17, 15) is 13.2 Å². The number of carbonyl (C=O) groups is 1. The van der Waals surface area contributed by atoms with Gasteiger partial charge in [-0.3, -0.25) is 0 Å². The molecule has 1 unspecified atom stereocenters. The van der Waals surface area contributed by atoms with Crippen molar-refractivity contribution < 1.29 is 27.2 Å². The predicted octanol–water partition coefficient (Wildman–Crippen LogP) is -0.529. The number of aliphatic hydroxyl groups excluding tert-OH is 1. The second-order valence-electron chi connectivity index (χ2n) is 3.18. The predicted molar refractivity (Wildman–Crippen MR) is 55.6 cm³/mol. The van der Waals surface area contributed by atoms with E-state index in [2.05, 4.69) is 4.18 Å². The van der Waals surface area contributed by atoms with Crippen molar-refractivity contribution in [2.75, 3.05) is 20.4 Å². The molecule has 0 aliphatic rings. The van der Waals surface area contributed by atoms with E-state index in [1.807, 2.05) is 6.92 Å². The summed E-state index contributed by atoms with van der Waals surface area (Å²) >= 11 is 0. The molecule has 0 aliphatic heterocycles. The fourth-order valence-corrected chi connectivity index (χ4v) is 1.23. The lowest BCUT2D eigenvalue weighted by Gasteiger charge is -2.18. The molecule has 0 bridgehead atoms. The normalized spacial score (nSPS) is 13.8. The molecule has 1 atom stereocenters. The van der Waals surface area contributed by atoms with Gasteiger partial charge in [0.15, 0.2) is 0 Å². The monoisotopic (exact) mass is 255 g/mol. The Balaban J connectivity index is 4.25. The van der Waals surface area contributed by atoms with E-state index in [0.29, 0.717) is 0 Å². The van der Waals surface area contributed by atoms with Crippen molar-refractivity contribution in [3.8, 4) is 0 Å². The highest BCUT2D eigenvalue weighted by atomic mass is 32.2. The fourth-order valence-electron chi connectivity index (χ4n) is 0.622. The average Bonchev–Trinajstić information content (AvgIpc) is 2.24. The first-order valence-electron chi connectivity index (χ1n) is 4.74. The first kappa shape index (κ1) is 15.3. The van der Waals surface area contributed by atoms with Gasteiger partial charge in [-0.15, -0.1) is 4.31 Å². The molecule has 7 nitrogen and oxygen atoms in total. The molecule has 8 heteroatoms. The minimum absolute atomic E-state index is 0.0915. The first-order valence-corrected chi connectivity index (χ1v) is 6.11. The number of carbonyl (C=O) groups excluding carboxylic acids is 1. The molecule has 0 aromatic rings. The number of hydrogen-bond acceptors (Lipinski definition) is 6. The van der Waals surface area contributed by atoms with Gasteiger partial charge in [0.2, 0.25) is 0 Å². The quantitative estimate of drug-likeness (QED) is 0.615. The summed E-state index contributed by atoms with van der Waals surface area (Å²) in [6.07, 6.45) is 0.649. The Morgan fingerprint density at radius 1 is 1.50 bits per heavy atom. The Morgan fingerprint density at radius 3 is 2.50 bits per heavy atom. The molecule has 0 aliphatic carbocycles. The fraction of sp³-hybridized carbons (Fsp3) is 0.875. The van der Waals surface area contributed by atoms with E-state index < -0.39 is 22.9 Å². The van der Waals surface area contributed by atoms with Crippen LogP contribution in [0.5, 0.6) is 0 Å². The van der Waals surface area contributed by atoms with Crippen LogP contribution in [-0.2, 0) is 24.0 Å². The molecule has 0 saturated carbocycles. The van der Waals surface area contributed by atoms with E-state index in [1.165, 1.54) is 7.05 Å². The highest BCUT2D eigenvalue weighted by molar-refractivity contribution is 7.84. The number of nitrogens with zero attached hydrogens (tertiary/aromatic N) is 1. The molecular formula is C8H17NO6S. The molecule has 0 fully saturated rings. The number of aliphatic hydroxyl groups is 1. The molecule has 96 valence electrons. The minimum Gasteiger partial charge on any atom is -0.385 e. The maximum absolute atomic E-state index is 11.3. The van der Waals surface area contributed by atoms with Crippen molar-refractivity contribution in [3.05, 3.63) is 0 Å². The van der Waals surface area contributed by atoms with Crippen molar-refractivity contribution in [2.24, 2.45) is 0 Å². The lowest BCUT2D eigenvalue weighted by Crippen LogP contribution is -2.34. The largest absolute Gasteiger partial charge is 0.389 e. The number of hydrogen-bond donors (Lipinski definition) is 1. The van der Waals surface area contributed by atoms with E-state index in [-0.39, 0.29) is 12.8 Å². The maximum Gasteiger partial charge on any atom is 0.389 e. The highest BCUT2D eigenvalue weighted by Gasteiger charge is 2.23. The lowest BCUT2D eigenvalue weighted by molar-refractivity contribution is -0.137. The number of ether oxygens (including phenoxy) is 1. The standard InChI is InChI=1S/C8H17NO6S/c1-4-7(2)14-6-9(3)16(12,13)15-8(11)5-10/h7,10H,4-6H2,1-3H3. The summed E-state index contributed by atoms with van der Waals surface area (Å²) in [5, 5.41) is 8.35. The minimum atomic E-state index is -4.18.